The fourth-order valence-electron chi connectivity index (χ4n) is 3.33. The van der Waals surface area contributed by atoms with Crippen LogP contribution in [-0.2, 0) is 9.59 Å². The third kappa shape index (κ3) is 3.23. The molecule has 2 aromatic carbocycles. The van der Waals surface area contributed by atoms with Crippen LogP contribution in [0.25, 0.3) is 0 Å². The van der Waals surface area contributed by atoms with E-state index in [2.05, 4.69) is 0 Å². The quantitative estimate of drug-likeness (QED) is 0.826. The molecule has 1 aliphatic heterocycles. The maximum Gasteiger partial charge on any atom is 0.294 e. The summed E-state index contributed by atoms with van der Waals surface area (Å²) in [6.45, 7) is 3.50. The SMILES string of the molecule is Bc1ccc(N2C(=O)C(O)=C(C(=O)C(C)C)C2c2ccccc2OC)cc1. The van der Waals surface area contributed by atoms with Crippen LogP contribution >= 0.6 is 0 Å². The molecule has 5 nitrogen and oxygen atoms in total. The van der Waals surface area contributed by atoms with Gasteiger partial charge in [-0.05, 0) is 18.2 Å². The first-order valence-electron chi connectivity index (χ1n) is 8.87. The molecule has 1 N–H and O–H groups in total. The molecule has 6 heteroatoms. The van der Waals surface area contributed by atoms with Gasteiger partial charge in [0.1, 0.15) is 13.6 Å². The highest BCUT2D eigenvalue weighted by Gasteiger charge is 2.45. The van der Waals surface area contributed by atoms with Crippen molar-refractivity contribution in [1.29, 1.82) is 0 Å². The molecule has 1 amide bonds. The number of carbonyl (C=O) groups excluding carboxylic acids is 2. The number of hydrogen-bond donors (Lipinski definition) is 1. The van der Waals surface area contributed by atoms with Gasteiger partial charge in [0.05, 0.1) is 18.7 Å². The summed E-state index contributed by atoms with van der Waals surface area (Å²) >= 11 is 0. The number of rotatable bonds is 5. The van der Waals surface area contributed by atoms with Crippen molar-refractivity contribution in [1.82, 2.24) is 0 Å². The van der Waals surface area contributed by atoms with Gasteiger partial charge in [0.15, 0.2) is 11.5 Å². The van der Waals surface area contributed by atoms with E-state index in [0.29, 0.717) is 17.0 Å². The summed E-state index contributed by atoms with van der Waals surface area (Å²) in [6, 6.07) is 13.9. The number of methoxy groups -OCH3 is 1. The maximum atomic E-state index is 12.9. The molecule has 1 aliphatic rings. The first kappa shape index (κ1) is 18.8. The summed E-state index contributed by atoms with van der Waals surface area (Å²) in [5.41, 5.74) is 2.43. The maximum absolute atomic E-state index is 12.9. The largest absolute Gasteiger partial charge is 0.503 e. The second-order valence-corrected chi connectivity index (χ2v) is 6.94. The lowest BCUT2D eigenvalue weighted by Gasteiger charge is -2.28. The van der Waals surface area contributed by atoms with E-state index in [-0.39, 0.29) is 17.3 Å². The Balaban J connectivity index is 2.23. The molecule has 0 spiro atoms. The minimum absolute atomic E-state index is 0.111. The van der Waals surface area contributed by atoms with Crippen LogP contribution in [0, 0.1) is 5.92 Å². The zero-order valence-electron chi connectivity index (χ0n) is 15.9. The lowest BCUT2D eigenvalue weighted by molar-refractivity contribution is -0.119. The van der Waals surface area contributed by atoms with Crippen molar-refractivity contribution < 1.29 is 19.4 Å². The molecule has 0 saturated heterocycles. The van der Waals surface area contributed by atoms with Crippen LogP contribution in [-0.4, -0.2) is 31.8 Å². The number of carbonyl (C=O) groups is 2. The molecule has 3 rings (SSSR count). The summed E-state index contributed by atoms with van der Waals surface area (Å²) in [5.74, 6) is -1.14. The Labute approximate surface area is 159 Å². The van der Waals surface area contributed by atoms with E-state index in [4.69, 9.17) is 4.74 Å². The summed E-state index contributed by atoms with van der Waals surface area (Å²) in [6.07, 6.45) is 0. The van der Waals surface area contributed by atoms with Crippen LogP contribution in [0.1, 0.15) is 25.5 Å². The zero-order chi connectivity index (χ0) is 19.7. The average Bonchev–Trinajstić information content (AvgIpc) is 2.92. The molecule has 0 aromatic heterocycles. The normalized spacial score (nSPS) is 17.0. The Morgan fingerprint density at radius 1 is 1.15 bits per heavy atom. The Morgan fingerprint density at radius 3 is 2.37 bits per heavy atom. The summed E-state index contributed by atoms with van der Waals surface area (Å²) in [7, 11) is 3.50. The minimum Gasteiger partial charge on any atom is -0.503 e. The molecule has 1 unspecified atom stereocenters. The number of ketones is 1. The van der Waals surface area contributed by atoms with Crippen molar-refractivity contribution in [3.8, 4) is 5.75 Å². The fraction of sp³-hybridized carbons (Fsp3) is 0.238. The van der Waals surface area contributed by atoms with Gasteiger partial charge >= 0.3 is 0 Å². The number of ether oxygens (including phenoxy) is 1. The lowest BCUT2D eigenvalue weighted by atomic mass is 9.90. The van der Waals surface area contributed by atoms with Crippen LogP contribution in [0.4, 0.5) is 5.69 Å². The van der Waals surface area contributed by atoms with Crippen molar-refractivity contribution in [2.45, 2.75) is 19.9 Å². The molecule has 1 heterocycles. The fourth-order valence-corrected chi connectivity index (χ4v) is 3.33. The second-order valence-electron chi connectivity index (χ2n) is 6.94. The van der Waals surface area contributed by atoms with Crippen molar-refractivity contribution in [3.05, 3.63) is 65.4 Å². The third-order valence-corrected chi connectivity index (χ3v) is 4.74. The molecule has 0 fully saturated rings. The van der Waals surface area contributed by atoms with E-state index in [1.807, 2.05) is 50.3 Å². The standard InChI is InChI=1S/C21H22BNO4/c1-12(2)19(24)17-18(15-6-4-5-7-16(15)27-3)23(21(26)20(17)25)14-10-8-13(22)9-11-14/h4-12,18,25H,22H2,1-3H3. The minimum atomic E-state index is -0.744. The number of nitrogens with zero attached hydrogens (tertiary/aromatic N) is 1. The molecule has 27 heavy (non-hydrogen) atoms. The Bertz CT molecular complexity index is 918. The average molecular weight is 363 g/mol. The predicted octanol–water partition coefficient (Wildman–Crippen LogP) is 2.08. The molecule has 0 aliphatic carbocycles. The monoisotopic (exact) mass is 363 g/mol. The smallest absolute Gasteiger partial charge is 0.294 e. The highest BCUT2D eigenvalue weighted by molar-refractivity contribution is 6.32. The van der Waals surface area contributed by atoms with E-state index < -0.39 is 17.7 Å². The second kappa shape index (κ2) is 7.31. The van der Waals surface area contributed by atoms with Gasteiger partial charge in [0, 0.05) is 17.2 Å². The Kier molecular flexibility index (Phi) is 5.08. The number of Topliss-reactive ketones (excluding diaryl/α,β-unsaturated/α-hetero) is 1. The first-order chi connectivity index (χ1) is 12.9. The highest BCUT2D eigenvalue weighted by atomic mass is 16.5. The molecule has 0 radical (unpaired) electrons. The van der Waals surface area contributed by atoms with Crippen molar-refractivity contribution in [2.75, 3.05) is 12.0 Å². The summed E-state index contributed by atoms with van der Waals surface area (Å²) < 4.78 is 5.47. The van der Waals surface area contributed by atoms with Gasteiger partial charge < -0.3 is 9.84 Å². The van der Waals surface area contributed by atoms with E-state index in [1.54, 1.807) is 27.0 Å². The van der Waals surface area contributed by atoms with E-state index in [9.17, 15) is 14.7 Å². The van der Waals surface area contributed by atoms with Gasteiger partial charge in [-0.15, -0.1) is 0 Å². The summed E-state index contributed by atoms with van der Waals surface area (Å²) in [5, 5.41) is 10.6. The van der Waals surface area contributed by atoms with Crippen LogP contribution in [0.2, 0.25) is 0 Å². The zero-order valence-corrected chi connectivity index (χ0v) is 15.9. The van der Waals surface area contributed by atoms with Gasteiger partial charge in [-0.1, -0.05) is 49.6 Å². The lowest BCUT2D eigenvalue weighted by Crippen LogP contribution is -2.32. The van der Waals surface area contributed by atoms with Gasteiger partial charge in [-0.3, -0.25) is 14.5 Å². The summed E-state index contributed by atoms with van der Waals surface area (Å²) in [4.78, 5) is 27.3. The van der Waals surface area contributed by atoms with Crippen LogP contribution < -0.4 is 15.1 Å². The molecule has 0 bridgehead atoms. The highest BCUT2D eigenvalue weighted by Crippen LogP contribution is 2.44. The van der Waals surface area contributed by atoms with Gasteiger partial charge in [0.2, 0.25) is 0 Å². The number of amides is 1. The third-order valence-electron chi connectivity index (χ3n) is 4.74. The number of hydrogen-bond acceptors (Lipinski definition) is 4. The Hall–Kier alpha value is -3.02. The van der Waals surface area contributed by atoms with Crippen molar-refractivity contribution in [2.24, 2.45) is 5.92 Å². The van der Waals surface area contributed by atoms with Crippen LogP contribution in [0.5, 0.6) is 5.75 Å². The molecule has 0 saturated carbocycles. The van der Waals surface area contributed by atoms with Crippen LogP contribution in [0.3, 0.4) is 0 Å². The number of aliphatic hydroxyl groups is 1. The van der Waals surface area contributed by atoms with Crippen LogP contribution in [0.15, 0.2) is 59.9 Å². The number of aliphatic hydroxyl groups excluding tert-OH is 1. The molecular weight excluding hydrogens is 341 g/mol. The molecule has 1 atom stereocenters. The van der Waals surface area contributed by atoms with E-state index >= 15 is 0 Å². The first-order valence-corrected chi connectivity index (χ1v) is 8.87. The van der Waals surface area contributed by atoms with Crippen molar-refractivity contribution >= 4 is 30.7 Å². The number of para-hydroxylation sites is 1. The van der Waals surface area contributed by atoms with E-state index in [1.165, 1.54) is 4.90 Å². The van der Waals surface area contributed by atoms with Gasteiger partial charge in [-0.25, -0.2) is 0 Å². The molecular formula is C21H22BNO4. The topological polar surface area (TPSA) is 66.8 Å². The molecule has 138 valence electrons. The van der Waals surface area contributed by atoms with Gasteiger partial charge in [0.25, 0.3) is 5.91 Å². The predicted molar refractivity (Wildman–Crippen MR) is 107 cm³/mol. The van der Waals surface area contributed by atoms with Gasteiger partial charge in [-0.2, -0.15) is 0 Å². The van der Waals surface area contributed by atoms with Crippen molar-refractivity contribution in [3.63, 3.8) is 0 Å². The number of anilines is 1. The Morgan fingerprint density at radius 2 is 1.78 bits per heavy atom. The number of benzene rings is 2. The van der Waals surface area contributed by atoms with E-state index in [0.717, 1.165) is 5.46 Å². The molecule has 2 aromatic rings.